The zero-order chi connectivity index (χ0) is 21.2. The van der Waals surface area contributed by atoms with Crippen molar-refractivity contribution >= 4 is 46.6 Å². The molecule has 1 aliphatic rings. The molecule has 1 aliphatic heterocycles. The molecule has 3 rings (SSSR count). The molecule has 0 spiro atoms. The van der Waals surface area contributed by atoms with E-state index in [1.807, 2.05) is 49.4 Å². The van der Waals surface area contributed by atoms with Crippen LogP contribution in [0.1, 0.15) is 30.3 Å². The van der Waals surface area contributed by atoms with Crippen LogP contribution in [0.3, 0.4) is 0 Å². The maximum Gasteiger partial charge on any atom is 0.238 e. The SMILES string of the molecule is COc1ccc(C)cc1N1C(=O)CSC1c1ccc(NC(=O)C(C)(C)CCl)cc1. The van der Waals surface area contributed by atoms with Crippen molar-refractivity contribution in [1.82, 2.24) is 0 Å². The van der Waals surface area contributed by atoms with Crippen LogP contribution in [0.2, 0.25) is 0 Å². The molecule has 5 nitrogen and oxygen atoms in total. The molecule has 1 heterocycles. The molecule has 0 saturated carbocycles. The smallest absolute Gasteiger partial charge is 0.238 e. The van der Waals surface area contributed by atoms with E-state index in [4.69, 9.17) is 16.3 Å². The van der Waals surface area contributed by atoms with E-state index < -0.39 is 5.41 Å². The lowest BCUT2D eigenvalue weighted by molar-refractivity contribution is -0.123. The van der Waals surface area contributed by atoms with Gasteiger partial charge >= 0.3 is 0 Å². The zero-order valence-corrected chi connectivity index (χ0v) is 18.6. The van der Waals surface area contributed by atoms with E-state index >= 15 is 0 Å². The Labute approximate surface area is 180 Å². The van der Waals surface area contributed by atoms with Crippen LogP contribution in [0.25, 0.3) is 0 Å². The fourth-order valence-corrected chi connectivity index (χ4v) is 4.30. The highest BCUT2D eigenvalue weighted by Crippen LogP contribution is 2.45. The molecule has 0 radical (unpaired) electrons. The fraction of sp³-hybridized carbons (Fsp3) is 0.364. The Morgan fingerprint density at radius 3 is 2.59 bits per heavy atom. The average Bonchev–Trinajstić information content (AvgIpc) is 3.09. The number of halogens is 1. The van der Waals surface area contributed by atoms with Crippen molar-refractivity contribution < 1.29 is 14.3 Å². The van der Waals surface area contributed by atoms with Crippen molar-refractivity contribution in [2.24, 2.45) is 5.41 Å². The largest absolute Gasteiger partial charge is 0.495 e. The maximum atomic E-state index is 12.7. The second-order valence-electron chi connectivity index (χ2n) is 7.70. The normalized spacial score (nSPS) is 16.8. The molecule has 1 fully saturated rings. The molecule has 0 aliphatic carbocycles. The van der Waals surface area contributed by atoms with Gasteiger partial charge in [-0.1, -0.05) is 18.2 Å². The molecule has 2 amide bonds. The highest BCUT2D eigenvalue weighted by Gasteiger charge is 2.35. The number of nitrogens with one attached hydrogen (secondary N) is 1. The number of hydrogen-bond donors (Lipinski definition) is 1. The second-order valence-corrected chi connectivity index (χ2v) is 9.03. The Hall–Kier alpha value is -2.18. The van der Waals surface area contributed by atoms with Crippen molar-refractivity contribution in [2.45, 2.75) is 26.1 Å². The molecule has 0 bridgehead atoms. The molecule has 7 heteroatoms. The number of amides is 2. The molecule has 2 aromatic rings. The number of carbonyl (C=O) groups is 2. The van der Waals surface area contributed by atoms with Crippen LogP contribution in [-0.2, 0) is 9.59 Å². The quantitative estimate of drug-likeness (QED) is 0.653. The molecular weight excluding hydrogens is 408 g/mol. The summed E-state index contributed by atoms with van der Waals surface area (Å²) in [4.78, 5) is 26.8. The van der Waals surface area contributed by atoms with Gasteiger partial charge in [0, 0.05) is 11.6 Å². The van der Waals surface area contributed by atoms with Crippen LogP contribution in [-0.4, -0.2) is 30.6 Å². The topological polar surface area (TPSA) is 58.6 Å². The Balaban J connectivity index is 1.85. The van der Waals surface area contributed by atoms with Gasteiger partial charge in [0.05, 0.1) is 24.0 Å². The summed E-state index contributed by atoms with van der Waals surface area (Å²) in [5, 5.41) is 2.75. The highest BCUT2D eigenvalue weighted by molar-refractivity contribution is 8.00. The van der Waals surface area contributed by atoms with Crippen molar-refractivity contribution in [3.05, 3.63) is 53.6 Å². The van der Waals surface area contributed by atoms with E-state index in [1.54, 1.807) is 37.6 Å². The van der Waals surface area contributed by atoms with Gasteiger partial charge in [0.2, 0.25) is 11.8 Å². The molecule has 2 aromatic carbocycles. The minimum Gasteiger partial charge on any atom is -0.495 e. The summed E-state index contributed by atoms with van der Waals surface area (Å²) in [5.74, 6) is 1.24. The number of methoxy groups -OCH3 is 1. The van der Waals surface area contributed by atoms with E-state index in [9.17, 15) is 9.59 Å². The van der Waals surface area contributed by atoms with Gasteiger partial charge in [0.1, 0.15) is 11.1 Å². The minimum absolute atomic E-state index is 0.0464. The summed E-state index contributed by atoms with van der Waals surface area (Å²) in [5.41, 5.74) is 2.87. The van der Waals surface area contributed by atoms with Crippen LogP contribution < -0.4 is 15.0 Å². The number of alkyl halides is 1. The number of ether oxygens (including phenoxy) is 1. The lowest BCUT2D eigenvalue weighted by Gasteiger charge is -2.26. The van der Waals surface area contributed by atoms with Crippen molar-refractivity contribution in [3.8, 4) is 5.75 Å². The van der Waals surface area contributed by atoms with Gasteiger partial charge in [-0.3, -0.25) is 14.5 Å². The lowest BCUT2D eigenvalue weighted by atomic mass is 9.95. The summed E-state index contributed by atoms with van der Waals surface area (Å²) in [6.07, 6.45) is 0. The summed E-state index contributed by atoms with van der Waals surface area (Å²) in [7, 11) is 1.61. The first-order valence-corrected chi connectivity index (χ1v) is 10.9. The number of aryl methyl sites for hydroxylation is 1. The number of nitrogens with zero attached hydrogens (tertiary/aromatic N) is 1. The van der Waals surface area contributed by atoms with Gasteiger partial charge in [0.25, 0.3) is 0 Å². The summed E-state index contributed by atoms with van der Waals surface area (Å²) in [6, 6.07) is 13.4. The first kappa shape index (κ1) is 21.5. The van der Waals surface area contributed by atoms with E-state index in [-0.39, 0.29) is 23.1 Å². The van der Waals surface area contributed by atoms with Crippen LogP contribution in [0.5, 0.6) is 5.75 Å². The van der Waals surface area contributed by atoms with E-state index in [0.29, 0.717) is 17.2 Å². The van der Waals surface area contributed by atoms with E-state index in [2.05, 4.69) is 5.32 Å². The van der Waals surface area contributed by atoms with Crippen molar-refractivity contribution in [3.63, 3.8) is 0 Å². The Morgan fingerprint density at radius 2 is 1.97 bits per heavy atom. The van der Waals surface area contributed by atoms with Crippen LogP contribution in [0, 0.1) is 12.3 Å². The first-order valence-electron chi connectivity index (χ1n) is 9.32. The Bertz CT molecular complexity index is 915. The second kappa shape index (κ2) is 8.67. The monoisotopic (exact) mass is 432 g/mol. The number of thioether (sulfide) groups is 1. The fourth-order valence-electron chi connectivity index (χ4n) is 3.01. The minimum atomic E-state index is -0.646. The third kappa shape index (κ3) is 4.54. The predicted molar refractivity (Wildman–Crippen MR) is 120 cm³/mol. The lowest BCUT2D eigenvalue weighted by Crippen LogP contribution is -2.32. The van der Waals surface area contributed by atoms with Gasteiger partial charge in [-0.25, -0.2) is 0 Å². The van der Waals surface area contributed by atoms with Gasteiger partial charge in [-0.2, -0.15) is 0 Å². The third-order valence-electron chi connectivity index (χ3n) is 4.86. The zero-order valence-electron chi connectivity index (χ0n) is 17.0. The molecular formula is C22H25ClN2O3S. The maximum absolute atomic E-state index is 12.7. The standard InChI is InChI=1S/C22H25ClN2O3S/c1-14-5-10-18(28-4)17(11-14)25-19(26)12-29-20(25)15-6-8-16(9-7-15)24-21(27)22(2,3)13-23/h5-11,20H,12-13H2,1-4H3,(H,24,27). The number of benzene rings is 2. The number of hydrogen-bond acceptors (Lipinski definition) is 4. The molecule has 154 valence electrons. The molecule has 1 atom stereocenters. The van der Waals surface area contributed by atoms with Gasteiger partial charge in [-0.05, 0) is 56.2 Å². The molecule has 1 N–H and O–H groups in total. The third-order valence-corrected chi connectivity index (χ3v) is 6.74. The first-order chi connectivity index (χ1) is 13.8. The summed E-state index contributed by atoms with van der Waals surface area (Å²) >= 11 is 7.45. The van der Waals surface area contributed by atoms with Crippen molar-refractivity contribution in [1.29, 1.82) is 0 Å². The van der Waals surface area contributed by atoms with Gasteiger partial charge < -0.3 is 10.1 Å². The van der Waals surface area contributed by atoms with Gasteiger partial charge in [-0.15, -0.1) is 23.4 Å². The van der Waals surface area contributed by atoms with Crippen LogP contribution in [0.15, 0.2) is 42.5 Å². The molecule has 0 aromatic heterocycles. The molecule has 1 saturated heterocycles. The Kier molecular flexibility index (Phi) is 6.44. The highest BCUT2D eigenvalue weighted by atomic mass is 35.5. The molecule has 1 unspecified atom stereocenters. The summed E-state index contributed by atoms with van der Waals surface area (Å²) in [6.45, 7) is 5.60. The van der Waals surface area contributed by atoms with Gasteiger partial charge in [0.15, 0.2) is 0 Å². The number of rotatable bonds is 6. The molecule has 29 heavy (non-hydrogen) atoms. The summed E-state index contributed by atoms with van der Waals surface area (Å²) < 4.78 is 5.49. The number of carbonyl (C=O) groups excluding carboxylic acids is 2. The Morgan fingerprint density at radius 1 is 1.28 bits per heavy atom. The van der Waals surface area contributed by atoms with Crippen molar-refractivity contribution in [2.75, 3.05) is 29.0 Å². The number of anilines is 2. The van der Waals surface area contributed by atoms with E-state index in [0.717, 1.165) is 16.8 Å². The average molecular weight is 433 g/mol. The van der Waals surface area contributed by atoms with Crippen LogP contribution >= 0.6 is 23.4 Å². The predicted octanol–water partition coefficient (Wildman–Crippen LogP) is 4.99. The van der Waals surface area contributed by atoms with E-state index in [1.165, 1.54) is 0 Å². The van der Waals surface area contributed by atoms with Crippen LogP contribution in [0.4, 0.5) is 11.4 Å².